The van der Waals surface area contributed by atoms with Crippen LogP contribution in [-0.2, 0) is 22.3 Å². The molecule has 0 saturated heterocycles. The largest absolute Gasteiger partial charge is 0.354 e. The van der Waals surface area contributed by atoms with Gasteiger partial charge in [0.25, 0.3) is 0 Å². The van der Waals surface area contributed by atoms with Crippen LogP contribution in [0.1, 0.15) is 51.7 Å². The molecule has 1 aromatic rings. The summed E-state index contributed by atoms with van der Waals surface area (Å²) < 4.78 is 25.5. The predicted molar refractivity (Wildman–Crippen MR) is 110 cm³/mol. The van der Waals surface area contributed by atoms with Crippen LogP contribution in [0.3, 0.4) is 0 Å². The van der Waals surface area contributed by atoms with Gasteiger partial charge in [0.2, 0.25) is 10.0 Å². The van der Waals surface area contributed by atoms with Crippen LogP contribution >= 0.6 is 0 Å². The van der Waals surface area contributed by atoms with E-state index in [0.717, 1.165) is 29.9 Å². The van der Waals surface area contributed by atoms with Crippen LogP contribution in [0.2, 0.25) is 0 Å². The molecule has 0 aliphatic heterocycles. The lowest BCUT2D eigenvalue weighted by Gasteiger charge is -2.23. The van der Waals surface area contributed by atoms with Gasteiger partial charge in [-0.2, -0.15) is 0 Å². The quantitative estimate of drug-likeness (QED) is 0.477. The molecule has 6 nitrogen and oxygen atoms in total. The molecule has 1 aromatic carbocycles. The first-order chi connectivity index (χ1) is 12.0. The summed E-state index contributed by atoms with van der Waals surface area (Å²) in [5.74, 6) is 0.763. The molecule has 0 heterocycles. The van der Waals surface area contributed by atoms with Crippen molar-refractivity contribution in [2.24, 2.45) is 10.4 Å². The fraction of sp³-hybridized carbons (Fsp3) is 0.632. The molecule has 0 aliphatic rings. The van der Waals surface area contributed by atoms with Gasteiger partial charge in [-0.3, -0.25) is 4.99 Å². The van der Waals surface area contributed by atoms with Gasteiger partial charge in [0, 0.05) is 19.6 Å². The van der Waals surface area contributed by atoms with Crippen molar-refractivity contribution in [3.05, 3.63) is 35.4 Å². The third kappa shape index (κ3) is 9.20. The number of hydrogen-bond acceptors (Lipinski definition) is 3. The second kappa shape index (κ2) is 9.92. The molecule has 1 rings (SSSR count). The van der Waals surface area contributed by atoms with E-state index >= 15 is 0 Å². The number of guanidine groups is 1. The van der Waals surface area contributed by atoms with Gasteiger partial charge in [0.05, 0.1) is 5.75 Å². The number of sulfonamides is 1. The zero-order valence-electron chi connectivity index (χ0n) is 16.9. The van der Waals surface area contributed by atoms with Crippen LogP contribution < -0.4 is 15.4 Å². The molecular formula is C19H34N4O2S. The van der Waals surface area contributed by atoms with E-state index in [4.69, 9.17) is 0 Å². The van der Waals surface area contributed by atoms with E-state index in [0.29, 0.717) is 18.0 Å². The lowest BCUT2D eigenvalue weighted by molar-refractivity contribution is 0.346. The third-order valence-corrected chi connectivity index (χ3v) is 5.42. The fourth-order valence-electron chi connectivity index (χ4n) is 2.38. The molecule has 0 aliphatic carbocycles. The van der Waals surface area contributed by atoms with Crippen LogP contribution in [0.15, 0.2) is 29.3 Å². The highest BCUT2D eigenvalue weighted by molar-refractivity contribution is 7.88. The van der Waals surface area contributed by atoms with E-state index in [1.54, 1.807) is 7.05 Å². The van der Waals surface area contributed by atoms with Crippen LogP contribution in [0.5, 0.6) is 0 Å². The summed E-state index contributed by atoms with van der Waals surface area (Å²) in [7, 11) is -0.0527. The van der Waals surface area contributed by atoms with E-state index in [-0.39, 0.29) is 5.75 Å². The summed E-state index contributed by atoms with van der Waals surface area (Å²) in [4.78, 5) is 4.27. The summed E-state index contributed by atoms with van der Waals surface area (Å²) in [6.07, 6.45) is 2.23. The summed E-state index contributed by atoms with van der Waals surface area (Å²) in [5.41, 5.74) is 2.16. The molecule has 0 amide bonds. The smallest absolute Gasteiger partial charge is 0.215 e. The second-order valence-electron chi connectivity index (χ2n) is 7.85. The summed E-state index contributed by atoms with van der Waals surface area (Å²) in [6.45, 7) is 9.54. The Hall–Kier alpha value is -1.60. The molecule has 7 heteroatoms. The Morgan fingerprint density at radius 3 is 2.23 bits per heavy atom. The Morgan fingerprint density at radius 2 is 1.73 bits per heavy atom. The maximum atomic E-state index is 11.6. The summed E-state index contributed by atoms with van der Waals surface area (Å²) in [6, 6.07) is 7.89. The van der Waals surface area contributed by atoms with Crippen molar-refractivity contribution < 1.29 is 8.42 Å². The molecule has 0 radical (unpaired) electrons. The van der Waals surface area contributed by atoms with Crippen molar-refractivity contribution in [3.8, 4) is 0 Å². The van der Waals surface area contributed by atoms with Crippen molar-refractivity contribution in [1.82, 2.24) is 15.4 Å². The van der Waals surface area contributed by atoms with Gasteiger partial charge in [-0.15, -0.1) is 0 Å². The first kappa shape index (κ1) is 22.4. The average molecular weight is 383 g/mol. The molecule has 3 N–H and O–H groups in total. The van der Waals surface area contributed by atoms with Crippen molar-refractivity contribution in [3.63, 3.8) is 0 Å². The highest BCUT2D eigenvalue weighted by Gasteiger charge is 2.13. The number of nitrogens with zero attached hydrogens (tertiary/aromatic N) is 1. The molecule has 0 fully saturated rings. The van der Waals surface area contributed by atoms with E-state index in [9.17, 15) is 8.42 Å². The van der Waals surface area contributed by atoms with E-state index < -0.39 is 10.0 Å². The molecule has 0 spiro atoms. The third-order valence-electron chi connectivity index (χ3n) is 4.08. The highest BCUT2D eigenvalue weighted by atomic mass is 32.2. The minimum Gasteiger partial charge on any atom is -0.354 e. The van der Waals surface area contributed by atoms with Crippen molar-refractivity contribution in [1.29, 1.82) is 0 Å². The Balaban J connectivity index is 2.51. The zero-order chi connectivity index (χ0) is 19.8. The summed E-state index contributed by atoms with van der Waals surface area (Å²) in [5, 5.41) is 6.71. The summed E-state index contributed by atoms with van der Waals surface area (Å²) >= 11 is 0. The predicted octanol–water partition coefficient (Wildman–Crippen LogP) is 2.62. The zero-order valence-corrected chi connectivity index (χ0v) is 17.7. The van der Waals surface area contributed by atoms with E-state index in [1.807, 2.05) is 24.3 Å². The molecule has 1 atom stereocenters. The van der Waals surface area contributed by atoms with Gasteiger partial charge in [-0.1, -0.05) is 45.0 Å². The molecular weight excluding hydrogens is 348 g/mol. The number of rotatable bonds is 8. The van der Waals surface area contributed by atoms with Gasteiger partial charge in [0.15, 0.2) is 5.96 Å². The van der Waals surface area contributed by atoms with Gasteiger partial charge < -0.3 is 10.6 Å². The second-order valence-corrected chi connectivity index (χ2v) is 9.78. The average Bonchev–Trinajstić information content (AvgIpc) is 2.57. The molecule has 0 saturated carbocycles. The molecule has 148 valence electrons. The van der Waals surface area contributed by atoms with Gasteiger partial charge >= 0.3 is 0 Å². The van der Waals surface area contributed by atoms with E-state index in [2.05, 4.69) is 48.0 Å². The minimum atomic E-state index is -3.24. The topological polar surface area (TPSA) is 82.6 Å². The van der Waals surface area contributed by atoms with Crippen LogP contribution in [-0.4, -0.2) is 34.5 Å². The first-order valence-electron chi connectivity index (χ1n) is 9.01. The minimum absolute atomic E-state index is 0.00821. The monoisotopic (exact) mass is 382 g/mol. The molecule has 0 bridgehead atoms. The van der Waals surface area contributed by atoms with Crippen molar-refractivity contribution in [2.75, 3.05) is 14.1 Å². The standard InChI is InChI=1S/C19H34N4O2S/c1-15(11-12-19(2,3)4)23-18(20-5)22-13-16-7-9-17(10-8-16)14-26(24,25)21-6/h7-10,15,21H,11-14H2,1-6H3,(H2,20,22,23). The van der Waals surface area contributed by atoms with Gasteiger partial charge in [0.1, 0.15) is 0 Å². The number of aliphatic imine (C=N–C) groups is 1. The Kier molecular flexibility index (Phi) is 8.56. The van der Waals surface area contributed by atoms with Crippen LogP contribution in [0, 0.1) is 5.41 Å². The lowest BCUT2D eigenvalue weighted by atomic mass is 9.89. The number of benzene rings is 1. The van der Waals surface area contributed by atoms with E-state index in [1.165, 1.54) is 7.05 Å². The highest BCUT2D eigenvalue weighted by Crippen LogP contribution is 2.21. The SMILES string of the molecule is CN=C(NCc1ccc(CS(=O)(=O)NC)cc1)NC(C)CCC(C)(C)C. The number of hydrogen-bond donors (Lipinski definition) is 3. The Morgan fingerprint density at radius 1 is 1.15 bits per heavy atom. The normalized spacial score (nSPS) is 14.2. The Bertz CT molecular complexity index is 676. The molecule has 1 unspecified atom stereocenters. The lowest BCUT2D eigenvalue weighted by Crippen LogP contribution is -2.42. The maximum absolute atomic E-state index is 11.6. The van der Waals surface area contributed by atoms with Crippen LogP contribution in [0.25, 0.3) is 0 Å². The molecule has 26 heavy (non-hydrogen) atoms. The van der Waals surface area contributed by atoms with Crippen molar-refractivity contribution in [2.45, 2.75) is 58.9 Å². The number of nitrogens with one attached hydrogen (secondary N) is 3. The fourth-order valence-corrected chi connectivity index (χ4v) is 3.16. The first-order valence-corrected chi connectivity index (χ1v) is 10.7. The maximum Gasteiger partial charge on any atom is 0.215 e. The van der Waals surface area contributed by atoms with Gasteiger partial charge in [-0.25, -0.2) is 13.1 Å². The van der Waals surface area contributed by atoms with Crippen LogP contribution in [0.4, 0.5) is 0 Å². The molecule has 0 aromatic heterocycles. The Labute approximate surface area is 158 Å². The van der Waals surface area contributed by atoms with Gasteiger partial charge in [-0.05, 0) is 43.4 Å². The van der Waals surface area contributed by atoms with Crippen molar-refractivity contribution >= 4 is 16.0 Å².